The monoisotopic (exact) mass is 675 g/mol. The number of amides is 2. The van der Waals surface area contributed by atoms with Crippen LogP contribution in [0.15, 0.2) is 73.2 Å². The summed E-state index contributed by atoms with van der Waals surface area (Å²) in [6.45, 7) is 6.22. The molecule has 50 heavy (non-hydrogen) atoms. The third-order valence-electron chi connectivity index (χ3n) is 9.34. The van der Waals surface area contributed by atoms with Gasteiger partial charge in [-0.15, -0.1) is 0 Å². The molecule has 2 aliphatic heterocycles. The zero-order valence-electron chi connectivity index (χ0n) is 28.7. The van der Waals surface area contributed by atoms with Crippen LogP contribution in [-0.4, -0.2) is 103 Å². The predicted octanol–water partition coefficient (Wildman–Crippen LogP) is 4.55. The van der Waals surface area contributed by atoms with Crippen molar-refractivity contribution in [1.29, 1.82) is 0 Å². The lowest BCUT2D eigenvalue weighted by molar-refractivity contribution is -0.138. The van der Waals surface area contributed by atoms with E-state index in [-0.39, 0.29) is 24.5 Å². The van der Waals surface area contributed by atoms with Crippen LogP contribution in [0.25, 0.3) is 39.1 Å². The number of hydrogen-bond acceptors (Lipinski definition) is 9. The molecule has 1 saturated heterocycles. The second kappa shape index (κ2) is 13.8. The molecule has 2 aromatic carbocycles. The van der Waals surface area contributed by atoms with Crippen LogP contribution in [-0.2, 0) is 21.4 Å². The molecule has 5 aromatic rings. The molecule has 2 amide bonds. The maximum Gasteiger partial charge on any atom is 0.258 e. The minimum atomic E-state index is -1.07. The van der Waals surface area contributed by atoms with E-state index in [1.54, 1.807) is 24.3 Å². The van der Waals surface area contributed by atoms with E-state index in [0.29, 0.717) is 50.0 Å². The number of carbonyl (C=O) groups excluding carboxylic acids is 2. The van der Waals surface area contributed by atoms with Crippen LogP contribution in [0.2, 0.25) is 0 Å². The van der Waals surface area contributed by atoms with E-state index in [2.05, 4.69) is 48.8 Å². The summed E-state index contributed by atoms with van der Waals surface area (Å²) in [5, 5.41) is 15.9. The summed E-state index contributed by atoms with van der Waals surface area (Å²) in [5.41, 5.74) is 5.30. The molecule has 0 aliphatic carbocycles. The first-order valence-electron chi connectivity index (χ1n) is 16.8. The Balaban J connectivity index is 0.963. The largest absolute Gasteiger partial charge is 0.475 e. The van der Waals surface area contributed by atoms with Crippen LogP contribution in [0.4, 0.5) is 5.69 Å². The number of aromatic amines is 1. The normalized spacial score (nSPS) is 18.1. The minimum absolute atomic E-state index is 0.00452. The molecule has 0 bridgehead atoms. The van der Waals surface area contributed by atoms with Crippen LogP contribution >= 0.6 is 0 Å². The average molecular weight is 676 g/mol. The molecule has 3 aromatic heterocycles. The zero-order valence-corrected chi connectivity index (χ0v) is 28.7. The van der Waals surface area contributed by atoms with Crippen LogP contribution in [0.1, 0.15) is 32.3 Å². The molecule has 13 heteroatoms. The van der Waals surface area contributed by atoms with Crippen molar-refractivity contribution in [3.05, 3.63) is 78.8 Å². The van der Waals surface area contributed by atoms with Crippen molar-refractivity contribution in [2.45, 2.75) is 38.4 Å². The Hall–Kier alpha value is -5.40. The van der Waals surface area contributed by atoms with E-state index in [4.69, 9.17) is 9.47 Å². The second-order valence-corrected chi connectivity index (χ2v) is 13.1. The Morgan fingerprint density at radius 2 is 1.84 bits per heavy atom. The highest BCUT2D eigenvalue weighted by Crippen LogP contribution is 2.32. The van der Waals surface area contributed by atoms with Gasteiger partial charge in [0.15, 0.2) is 11.4 Å². The number of fused-ring (bicyclic) bond motifs is 1. The molecule has 258 valence electrons. The first-order valence-corrected chi connectivity index (χ1v) is 16.8. The Bertz CT molecular complexity index is 2050. The van der Waals surface area contributed by atoms with Crippen molar-refractivity contribution in [2.24, 2.45) is 7.05 Å². The summed E-state index contributed by atoms with van der Waals surface area (Å²) in [6.07, 6.45) is 6.75. The molecule has 0 radical (unpaired) electrons. The molecule has 0 spiro atoms. The van der Waals surface area contributed by atoms with Gasteiger partial charge in [-0.3, -0.25) is 24.3 Å². The van der Waals surface area contributed by atoms with Crippen molar-refractivity contribution in [1.82, 2.24) is 39.7 Å². The van der Waals surface area contributed by atoms with Gasteiger partial charge in [-0.05, 0) is 62.1 Å². The number of pyridine rings is 1. The Morgan fingerprint density at radius 3 is 2.56 bits per heavy atom. The highest BCUT2D eigenvalue weighted by molar-refractivity contribution is 6.01. The topological polar surface area (TPSA) is 143 Å². The summed E-state index contributed by atoms with van der Waals surface area (Å²) >= 11 is 0. The number of carbonyl (C=O) groups is 2. The molecule has 7 rings (SSSR count). The standard InChI is InChI=1S/C37H41N9O4/c1-24(2)50-32-19-28(11-15-38-32)34-30-20-29(9-10-31(30)41-42-34)40-36(48)37(49-4)14-18-45(22-37)21-33(47)46-16-12-26(13-17-46)25-5-7-27(8-6-25)35-39-23-44(3)43-35/h5-12,15,19-20,23-24H,13-14,16-18,21-22H2,1-4H3,(H,40,48)(H,41,42). The number of H-pyrrole nitrogens is 1. The fourth-order valence-corrected chi connectivity index (χ4v) is 6.61. The quantitative estimate of drug-likeness (QED) is 0.218. The summed E-state index contributed by atoms with van der Waals surface area (Å²) in [7, 11) is 3.40. The number of nitrogens with zero attached hydrogens (tertiary/aromatic N) is 7. The molecule has 13 nitrogen and oxygen atoms in total. The summed E-state index contributed by atoms with van der Waals surface area (Å²) < 4.78 is 13.3. The van der Waals surface area contributed by atoms with Gasteiger partial charge in [0.05, 0.1) is 18.2 Å². The molecule has 0 saturated carbocycles. The third kappa shape index (κ3) is 6.87. The van der Waals surface area contributed by atoms with Gasteiger partial charge in [0.25, 0.3) is 5.91 Å². The van der Waals surface area contributed by atoms with Crippen LogP contribution in [0, 0.1) is 0 Å². The van der Waals surface area contributed by atoms with Crippen molar-refractivity contribution in [3.63, 3.8) is 0 Å². The fourth-order valence-electron chi connectivity index (χ4n) is 6.61. The Labute approximate surface area is 290 Å². The van der Waals surface area contributed by atoms with Gasteiger partial charge in [-0.25, -0.2) is 9.97 Å². The molecule has 5 heterocycles. The highest BCUT2D eigenvalue weighted by Gasteiger charge is 2.45. The number of anilines is 1. The van der Waals surface area contributed by atoms with E-state index in [0.717, 1.165) is 39.7 Å². The van der Waals surface area contributed by atoms with E-state index in [9.17, 15) is 9.59 Å². The smallest absolute Gasteiger partial charge is 0.258 e. The third-order valence-corrected chi connectivity index (χ3v) is 9.34. The lowest BCUT2D eigenvalue weighted by Gasteiger charge is -2.30. The van der Waals surface area contributed by atoms with Crippen LogP contribution in [0.3, 0.4) is 0 Å². The van der Waals surface area contributed by atoms with Gasteiger partial charge in [0, 0.05) is 74.8 Å². The maximum atomic E-state index is 13.7. The molecule has 1 unspecified atom stereocenters. The number of rotatable bonds is 10. The number of likely N-dealkylation sites (tertiary alicyclic amines) is 1. The fraction of sp³-hybridized carbons (Fsp3) is 0.351. The molecule has 2 N–H and O–H groups in total. The number of methoxy groups -OCH3 is 1. The first-order chi connectivity index (χ1) is 24.2. The molecule has 1 fully saturated rings. The van der Waals surface area contributed by atoms with Gasteiger partial charge in [0.1, 0.15) is 12.0 Å². The first kappa shape index (κ1) is 33.1. The number of hydrogen-bond donors (Lipinski definition) is 2. The van der Waals surface area contributed by atoms with Crippen molar-refractivity contribution >= 4 is 34.0 Å². The highest BCUT2D eigenvalue weighted by atomic mass is 16.5. The lowest BCUT2D eigenvalue weighted by Crippen LogP contribution is -2.48. The van der Waals surface area contributed by atoms with E-state index in [1.165, 1.54) is 5.57 Å². The van der Waals surface area contributed by atoms with E-state index in [1.807, 2.05) is 73.2 Å². The minimum Gasteiger partial charge on any atom is -0.475 e. The zero-order chi connectivity index (χ0) is 34.8. The van der Waals surface area contributed by atoms with Gasteiger partial charge >= 0.3 is 0 Å². The van der Waals surface area contributed by atoms with Gasteiger partial charge in [-0.1, -0.05) is 30.3 Å². The number of aromatic nitrogens is 6. The lowest BCUT2D eigenvalue weighted by atomic mass is 9.98. The predicted molar refractivity (Wildman–Crippen MR) is 190 cm³/mol. The molecular weight excluding hydrogens is 634 g/mol. The second-order valence-electron chi connectivity index (χ2n) is 13.1. The Morgan fingerprint density at radius 1 is 1.02 bits per heavy atom. The van der Waals surface area contributed by atoms with Crippen LogP contribution < -0.4 is 10.1 Å². The van der Waals surface area contributed by atoms with Crippen LogP contribution in [0.5, 0.6) is 5.88 Å². The molecular formula is C37H41N9O4. The average Bonchev–Trinajstić information content (AvgIpc) is 3.87. The Kier molecular flexibility index (Phi) is 9.17. The maximum absolute atomic E-state index is 13.7. The van der Waals surface area contributed by atoms with E-state index < -0.39 is 5.60 Å². The van der Waals surface area contributed by atoms with Gasteiger partial charge in [-0.2, -0.15) is 10.2 Å². The molecule has 1 atom stereocenters. The SMILES string of the molecule is COC1(C(=O)Nc2ccc3[nH]nc(-c4ccnc(OC(C)C)c4)c3c2)CCN(CC(=O)N2CC=C(c3ccc(-c4ncn(C)n4)cc3)CC2)C1. The molecule has 2 aliphatic rings. The van der Waals surface area contributed by atoms with Crippen molar-refractivity contribution in [3.8, 4) is 28.5 Å². The van der Waals surface area contributed by atoms with E-state index >= 15 is 0 Å². The van der Waals surface area contributed by atoms with Gasteiger partial charge in [0.2, 0.25) is 11.8 Å². The van der Waals surface area contributed by atoms with Crippen molar-refractivity contribution in [2.75, 3.05) is 45.2 Å². The summed E-state index contributed by atoms with van der Waals surface area (Å²) in [4.78, 5) is 39.6. The van der Waals surface area contributed by atoms with Crippen molar-refractivity contribution < 1.29 is 19.1 Å². The van der Waals surface area contributed by atoms with Gasteiger partial charge < -0.3 is 19.7 Å². The summed E-state index contributed by atoms with van der Waals surface area (Å²) in [5.74, 6) is 1.02. The summed E-state index contributed by atoms with van der Waals surface area (Å²) in [6, 6.07) is 17.6. The number of benzene rings is 2. The number of nitrogens with one attached hydrogen (secondary N) is 2. The number of aryl methyl sites for hydroxylation is 1. The number of ether oxygens (including phenoxy) is 2.